The molecular formula is C42H44N4O4S2. The second kappa shape index (κ2) is 14.8. The van der Waals surface area contributed by atoms with Crippen molar-refractivity contribution in [2.45, 2.75) is 76.8 Å². The lowest BCUT2D eigenvalue weighted by atomic mass is 9.77. The average Bonchev–Trinajstić information content (AvgIpc) is 3.70. The van der Waals surface area contributed by atoms with E-state index in [1.165, 1.54) is 11.8 Å². The fraction of sp³-hybridized carbons (Fsp3) is 0.333. The van der Waals surface area contributed by atoms with Crippen molar-refractivity contribution in [3.05, 3.63) is 115 Å². The van der Waals surface area contributed by atoms with E-state index in [-0.39, 0.29) is 23.4 Å². The summed E-state index contributed by atoms with van der Waals surface area (Å²) in [4.78, 5) is 36.1. The van der Waals surface area contributed by atoms with E-state index in [1.807, 2.05) is 87.5 Å². The molecule has 0 bridgehead atoms. The minimum absolute atomic E-state index is 0.0394. The lowest BCUT2D eigenvalue weighted by Gasteiger charge is -2.30. The molecule has 0 saturated heterocycles. The zero-order chi connectivity index (χ0) is 36.7. The van der Waals surface area contributed by atoms with Crippen LogP contribution in [0.15, 0.2) is 87.4 Å². The van der Waals surface area contributed by atoms with Gasteiger partial charge in [0.1, 0.15) is 16.3 Å². The molecule has 2 aliphatic rings. The van der Waals surface area contributed by atoms with Crippen LogP contribution in [-0.2, 0) is 11.2 Å². The number of carbonyl (C=O) groups is 1. The van der Waals surface area contributed by atoms with Crippen LogP contribution in [-0.4, -0.2) is 45.6 Å². The number of methoxy groups -OCH3 is 2. The third-order valence-electron chi connectivity index (χ3n) is 10.4. The van der Waals surface area contributed by atoms with E-state index in [1.54, 1.807) is 35.1 Å². The first-order valence-corrected chi connectivity index (χ1v) is 19.5. The summed E-state index contributed by atoms with van der Waals surface area (Å²) in [5.74, 6) is 1.47. The fourth-order valence-corrected chi connectivity index (χ4v) is 9.53. The second-order valence-electron chi connectivity index (χ2n) is 13.6. The second-order valence-corrected chi connectivity index (χ2v) is 16.1. The van der Waals surface area contributed by atoms with Crippen molar-refractivity contribution < 1.29 is 14.3 Å². The van der Waals surface area contributed by atoms with Crippen LogP contribution in [0.3, 0.4) is 0 Å². The molecule has 1 aliphatic heterocycles. The van der Waals surface area contributed by atoms with Crippen LogP contribution in [0.1, 0.15) is 71.8 Å². The highest BCUT2D eigenvalue weighted by molar-refractivity contribution is 8.00. The number of fused-ring (bicyclic) bond motifs is 2. The molecule has 7 rings (SSSR count). The summed E-state index contributed by atoms with van der Waals surface area (Å²) < 4.78 is 12.5. The zero-order valence-electron chi connectivity index (χ0n) is 30.7. The SMILES string of the molecule is CCc1c(C)sc2nc(SC(C)C(=O)N3N=C4/C(=C\c5ccc(OC)cc5)CCCC4C3c3ccc(OC)cc3)n(-c3ccc(C)c(C)c3)c(=O)c12. The van der Waals surface area contributed by atoms with Crippen LogP contribution >= 0.6 is 23.1 Å². The van der Waals surface area contributed by atoms with Crippen LogP contribution in [0.2, 0.25) is 0 Å². The molecule has 1 fully saturated rings. The Labute approximate surface area is 313 Å². The fourth-order valence-electron chi connectivity index (χ4n) is 7.41. The Bertz CT molecular complexity index is 2270. The number of carbonyl (C=O) groups excluding carboxylic acids is 1. The molecule has 268 valence electrons. The number of thioether (sulfide) groups is 1. The number of rotatable bonds is 9. The lowest BCUT2D eigenvalue weighted by Crippen LogP contribution is -2.36. The van der Waals surface area contributed by atoms with Gasteiger partial charge in [-0.15, -0.1) is 11.3 Å². The number of aryl methyl sites for hydroxylation is 4. The maximum Gasteiger partial charge on any atom is 0.267 e. The quantitative estimate of drug-likeness (QED) is 0.111. The standard InChI is InChI=1S/C42H44N4O4S2/c1-8-34-26(4)51-39-36(34)41(48)45(31-17-12-24(2)25(3)22-31)42(43-39)52-27(5)40(47)46-38(29-15-20-33(50-7)21-16-29)35-11-9-10-30(37(35)44-46)23-28-13-18-32(49-6)19-14-28/h12-23,27,35,38H,8-11H2,1-7H3/b30-23-. The van der Waals surface area contributed by atoms with Gasteiger partial charge in [0.15, 0.2) is 5.16 Å². The first-order chi connectivity index (χ1) is 25.1. The number of ether oxygens (including phenoxy) is 2. The molecule has 0 spiro atoms. The summed E-state index contributed by atoms with van der Waals surface area (Å²) in [5.41, 5.74) is 8.07. The van der Waals surface area contributed by atoms with Gasteiger partial charge in [0.2, 0.25) is 0 Å². The molecule has 1 amide bonds. The number of hydrogen-bond donors (Lipinski definition) is 0. The highest BCUT2D eigenvalue weighted by atomic mass is 32.2. The Balaban J connectivity index is 1.29. The number of benzene rings is 3. The van der Waals surface area contributed by atoms with Gasteiger partial charge >= 0.3 is 0 Å². The van der Waals surface area contributed by atoms with E-state index in [9.17, 15) is 9.59 Å². The topological polar surface area (TPSA) is 86.0 Å². The Hall–Kier alpha value is -4.67. The van der Waals surface area contributed by atoms with Gasteiger partial charge in [-0.25, -0.2) is 9.99 Å². The van der Waals surface area contributed by atoms with Crippen LogP contribution in [0.5, 0.6) is 11.5 Å². The minimum Gasteiger partial charge on any atom is -0.497 e. The lowest BCUT2D eigenvalue weighted by molar-refractivity contribution is -0.132. The van der Waals surface area contributed by atoms with Crippen molar-refractivity contribution in [3.63, 3.8) is 0 Å². The summed E-state index contributed by atoms with van der Waals surface area (Å²) >= 11 is 2.86. The monoisotopic (exact) mass is 732 g/mol. The molecule has 10 heteroatoms. The number of hydrazone groups is 1. The molecule has 0 N–H and O–H groups in total. The van der Waals surface area contributed by atoms with Crippen molar-refractivity contribution in [2.24, 2.45) is 11.0 Å². The normalized spacial score (nSPS) is 18.4. The number of thiophene rings is 1. The van der Waals surface area contributed by atoms with Crippen molar-refractivity contribution in [1.29, 1.82) is 0 Å². The van der Waals surface area contributed by atoms with Gasteiger partial charge in [-0.3, -0.25) is 14.2 Å². The molecule has 1 saturated carbocycles. The molecule has 8 nitrogen and oxygen atoms in total. The molecule has 2 aromatic heterocycles. The Kier molecular flexibility index (Phi) is 10.1. The Morgan fingerprint density at radius 2 is 1.69 bits per heavy atom. The summed E-state index contributed by atoms with van der Waals surface area (Å²) in [6, 6.07) is 21.7. The Morgan fingerprint density at radius 1 is 1.00 bits per heavy atom. The highest BCUT2D eigenvalue weighted by Crippen LogP contribution is 2.46. The molecular weight excluding hydrogens is 689 g/mol. The van der Waals surface area contributed by atoms with Crippen LogP contribution in [0.25, 0.3) is 22.0 Å². The molecule has 52 heavy (non-hydrogen) atoms. The van der Waals surface area contributed by atoms with Crippen molar-refractivity contribution in [2.75, 3.05) is 14.2 Å². The molecule has 3 heterocycles. The van der Waals surface area contributed by atoms with Gasteiger partial charge in [-0.1, -0.05) is 49.0 Å². The predicted octanol–water partition coefficient (Wildman–Crippen LogP) is 9.26. The molecule has 3 aromatic carbocycles. The van der Waals surface area contributed by atoms with Gasteiger partial charge in [-0.05, 0) is 129 Å². The number of amides is 1. The van der Waals surface area contributed by atoms with E-state index >= 15 is 0 Å². The summed E-state index contributed by atoms with van der Waals surface area (Å²) in [7, 11) is 3.32. The van der Waals surface area contributed by atoms with Gasteiger partial charge < -0.3 is 9.47 Å². The summed E-state index contributed by atoms with van der Waals surface area (Å²) in [5, 5.41) is 7.43. The summed E-state index contributed by atoms with van der Waals surface area (Å²) in [6.45, 7) is 10.1. The van der Waals surface area contributed by atoms with E-state index in [4.69, 9.17) is 19.6 Å². The van der Waals surface area contributed by atoms with E-state index in [0.29, 0.717) is 15.4 Å². The van der Waals surface area contributed by atoms with E-state index < -0.39 is 5.25 Å². The number of aromatic nitrogens is 2. The summed E-state index contributed by atoms with van der Waals surface area (Å²) in [6.07, 6.45) is 5.74. The van der Waals surface area contributed by atoms with Gasteiger partial charge in [0, 0.05) is 10.8 Å². The molecule has 3 atom stereocenters. The maximum absolute atomic E-state index is 14.8. The van der Waals surface area contributed by atoms with Gasteiger partial charge in [-0.2, -0.15) is 5.10 Å². The molecule has 1 aliphatic carbocycles. The van der Waals surface area contributed by atoms with Crippen molar-refractivity contribution in [1.82, 2.24) is 14.6 Å². The minimum atomic E-state index is -0.590. The van der Waals surface area contributed by atoms with E-state index in [0.717, 1.165) is 86.8 Å². The highest BCUT2D eigenvalue weighted by Gasteiger charge is 2.45. The smallest absolute Gasteiger partial charge is 0.267 e. The maximum atomic E-state index is 14.8. The van der Waals surface area contributed by atoms with Crippen LogP contribution < -0.4 is 15.0 Å². The molecule has 5 aromatic rings. The van der Waals surface area contributed by atoms with E-state index in [2.05, 4.69) is 19.9 Å². The third-order valence-corrected chi connectivity index (χ3v) is 12.5. The largest absolute Gasteiger partial charge is 0.497 e. The third kappa shape index (κ3) is 6.58. The first kappa shape index (κ1) is 35.7. The zero-order valence-corrected chi connectivity index (χ0v) is 32.4. The number of nitrogens with zero attached hydrogens (tertiary/aromatic N) is 4. The predicted molar refractivity (Wildman–Crippen MR) is 212 cm³/mol. The first-order valence-electron chi connectivity index (χ1n) is 17.8. The molecule has 3 unspecified atom stereocenters. The van der Waals surface area contributed by atoms with Gasteiger partial charge in [0.25, 0.3) is 11.5 Å². The Morgan fingerprint density at radius 3 is 2.35 bits per heavy atom. The van der Waals surface area contributed by atoms with Crippen molar-refractivity contribution in [3.8, 4) is 17.2 Å². The number of hydrogen-bond acceptors (Lipinski definition) is 8. The molecule has 0 radical (unpaired) electrons. The van der Waals surface area contributed by atoms with Gasteiger partial charge in [0.05, 0.1) is 42.3 Å². The van der Waals surface area contributed by atoms with Crippen LogP contribution in [0.4, 0.5) is 0 Å². The van der Waals surface area contributed by atoms with Crippen molar-refractivity contribution >= 4 is 51.0 Å². The van der Waals surface area contributed by atoms with Crippen LogP contribution in [0, 0.1) is 26.7 Å². The number of allylic oxidation sites excluding steroid dienone is 1. The average molecular weight is 733 g/mol.